The summed E-state index contributed by atoms with van der Waals surface area (Å²) in [5.41, 5.74) is -1.72. The lowest BCUT2D eigenvalue weighted by atomic mass is 9.49. The summed E-state index contributed by atoms with van der Waals surface area (Å²) in [5.74, 6) is -3.30. The summed E-state index contributed by atoms with van der Waals surface area (Å²) in [6, 6.07) is 0. The predicted molar refractivity (Wildman–Crippen MR) is 101 cm³/mol. The van der Waals surface area contributed by atoms with E-state index in [0.29, 0.717) is 12.0 Å². The second-order valence-corrected chi connectivity index (χ2v) is 8.72. The van der Waals surface area contributed by atoms with E-state index in [-0.39, 0.29) is 36.5 Å². The average Bonchev–Trinajstić information content (AvgIpc) is 2.84. The molecule has 0 aromatic heterocycles. The fourth-order valence-corrected chi connectivity index (χ4v) is 5.36. The van der Waals surface area contributed by atoms with Gasteiger partial charge in [0, 0.05) is 36.0 Å². The standard InChI is InChI=1S/C21H30O8/c1-11(22)6-7-15(23)28-14-8-9-20(25)10-21(26)16(12(2)18(24)29-21)17(27-5)19(20,4)13(14)3/h6,13-14,17,22,25-26H,7-10H2,1-5H3/b11-6-/t13-,14-,17+,19-,20-,21-/m0/s1. The third kappa shape index (κ3) is 3.17. The normalized spacial score (nSPS) is 42.2. The second kappa shape index (κ2) is 7.11. The van der Waals surface area contributed by atoms with Gasteiger partial charge in [0.2, 0.25) is 5.79 Å². The highest BCUT2D eigenvalue weighted by atomic mass is 16.7. The number of aliphatic hydroxyl groups is 3. The quantitative estimate of drug-likeness (QED) is 0.474. The molecule has 0 bridgehead atoms. The fourth-order valence-electron chi connectivity index (χ4n) is 5.36. The number of rotatable bonds is 4. The van der Waals surface area contributed by atoms with E-state index in [9.17, 15) is 24.9 Å². The molecule has 0 spiro atoms. The second-order valence-electron chi connectivity index (χ2n) is 8.72. The molecule has 2 aliphatic carbocycles. The van der Waals surface area contributed by atoms with Gasteiger partial charge in [0.1, 0.15) is 6.10 Å². The Hall–Kier alpha value is -1.90. The third-order valence-electron chi connectivity index (χ3n) is 7.16. The smallest absolute Gasteiger partial charge is 0.336 e. The Morgan fingerprint density at radius 2 is 2.03 bits per heavy atom. The van der Waals surface area contributed by atoms with E-state index in [1.165, 1.54) is 20.1 Å². The molecule has 0 saturated heterocycles. The predicted octanol–water partition coefficient (Wildman–Crippen LogP) is 1.90. The number of allylic oxidation sites excluding steroid dienone is 1. The summed E-state index contributed by atoms with van der Waals surface area (Å²) in [7, 11) is 1.46. The zero-order valence-corrected chi connectivity index (χ0v) is 17.5. The van der Waals surface area contributed by atoms with E-state index in [1.807, 2.05) is 13.8 Å². The van der Waals surface area contributed by atoms with Gasteiger partial charge in [-0.2, -0.15) is 0 Å². The van der Waals surface area contributed by atoms with Crippen LogP contribution in [0.3, 0.4) is 0 Å². The number of hydrogen-bond donors (Lipinski definition) is 3. The van der Waals surface area contributed by atoms with Crippen LogP contribution in [0.5, 0.6) is 0 Å². The molecule has 0 radical (unpaired) electrons. The Bertz CT molecular complexity index is 782. The Labute approximate surface area is 170 Å². The SMILES string of the molecule is CO[C@@H]1C2=C(C)C(=O)O[C@@]2(O)C[C@@]2(O)CC[C@H](OC(=O)C/C=C(/C)O)[C@H](C)[C@@]12C. The minimum atomic E-state index is -1.90. The fraction of sp³-hybridized carbons (Fsp3) is 0.714. The molecule has 2 saturated carbocycles. The van der Waals surface area contributed by atoms with Gasteiger partial charge in [-0.15, -0.1) is 0 Å². The van der Waals surface area contributed by atoms with Gasteiger partial charge >= 0.3 is 11.9 Å². The van der Waals surface area contributed by atoms with Crippen molar-refractivity contribution in [1.29, 1.82) is 0 Å². The van der Waals surface area contributed by atoms with E-state index in [4.69, 9.17) is 14.2 Å². The Morgan fingerprint density at radius 3 is 2.62 bits per heavy atom. The number of methoxy groups -OCH3 is 1. The zero-order chi connectivity index (χ0) is 21.8. The summed E-state index contributed by atoms with van der Waals surface area (Å²) >= 11 is 0. The van der Waals surface area contributed by atoms with Gasteiger partial charge < -0.3 is 29.5 Å². The number of carbonyl (C=O) groups is 2. The first kappa shape index (κ1) is 21.8. The lowest BCUT2D eigenvalue weighted by Gasteiger charge is -2.62. The minimum Gasteiger partial charge on any atom is -0.513 e. The van der Waals surface area contributed by atoms with Crippen LogP contribution in [0.15, 0.2) is 23.0 Å². The van der Waals surface area contributed by atoms with Crippen molar-refractivity contribution in [1.82, 2.24) is 0 Å². The van der Waals surface area contributed by atoms with Gasteiger partial charge in [-0.05, 0) is 32.8 Å². The third-order valence-corrected chi connectivity index (χ3v) is 7.16. The van der Waals surface area contributed by atoms with Gasteiger partial charge in [-0.1, -0.05) is 13.8 Å². The topological polar surface area (TPSA) is 123 Å². The van der Waals surface area contributed by atoms with Crippen LogP contribution < -0.4 is 0 Å². The number of ether oxygens (including phenoxy) is 3. The van der Waals surface area contributed by atoms with E-state index < -0.39 is 40.9 Å². The molecular formula is C21H30O8. The molecule has 3 aliphatic rings. The van der Waals surface area contributed by atoms with Crippen molar-refractivity contribution >= 4 is 11.9 Å². The Balaban J connectivity index is 1.96. The first-order valence-corrected chi connectivity index (χ1v) is 9.87. The maximum atomic E-state index is 12.2. The lowest BCUT2D eigenvalue weighted by Crippen LogP contribution is -2.70. The van der Waals surface area contributed by atoms with Crippen molar-refractivity contribution in [3.05, 3.63) is 23.0 Å². The highest BCUT2D eigenvalue weighted by molar-refractivity contribution is 5.92. The van der Waals surface area contributed by atoms with Crippen molar-refractivity contribution in [2.75, 3.05) is 7.11 Å². The van der Waals surface area contributed by atoms with Crippen LogP contribution in [0.4, 0.5) is 0 Å². The van der Waals surface area contributed by atoms with Crippen molar-refractivity contribution in [3.8, 4) is 0 Å². The van der Waals surface area contributed by atoms with E-state index in [2.05, 4.69) is 0 Å². The molecule has 8 nitrogen and oxygen atoms in total. The molecule has 0 amide bonds. The molecule has 1 heterocycles. The first-order valence-electron chi connectivity index (χ1n) is 9.87. The van der Waals surface area contributed by atoms with E-state index >= 15 is 0 Å². The maximum absolute atomic E-state index is 12.2. The molecule has 8 heteroatoms. The first-order chi connectivity index (χ1) is 13.4. The number of aliphatic hydroxyl groups excluding tert-OH is 1. The van der Waals surface area contributed by atoms with E-state index in [0.717, 1.165) is 0 Å². The van der Waals surface area contributed by atoms with Crippen molar-refractivity contribution in [2.24, 2.45) is 11.3 Å². The van der Waals surface area contributed by atoms with Crippen LogP contribution in [-0.4, -0.2) is 58.0 Å². The number of esters is 2. The molecule has 1 aliphatic heterocycles. The molecular weight excluding hydrogens is 380 g/mol. The molecule has 2 fully saturated rings. The van der Waals surface area contributed by atoms with Gasteiger partial charge in [0.15, 0.2) is 0 Å². The summed E-state index contributed by atoms with van der Waals surface area (Å²) in [6.07, 6.45) is 0.518. The Kier molecular flexibility index (Phi) is 5.34. The average molecular weight is 410 g/mol. The van der Waals surface area contributed by atoms with Gasteiger partial charge in [0.25, 0.3) is 0 Å². The van der Waals surface area contributed by atoms with Crippen LogP contribution in [0.25, 0.3) is 0 Å². The minimum absolute atomic E-state index is 0.0410. The lowest BCUT2D eigenvalue weighted by molar-refractivity contribution is -0.286. The van der Waals surface area contributed by atoms with Gasteiger partial charge in [-0.25, -0.2) is 4.79 Å². The number of carbonyl (C=O) groups excluding carboxylic acids is 2. The molecule has 3 N–H and O–H groups in total. The summed E-state index contributed by atoms with van der Waals surface area (Å²) in [5, 5.41) is 31.9. The summed E-state index contributed by atoms with van der Waals surface area (Å²) in [4.78, 5) is 24.4. The molecule has 3 rings (SSSR count). The van der Waals surface area contributed by atoms with Crippen molar-refractivity contribution in [2.45, 2.75) is 77.0 Å². The van der Waals surface area contributed by atoms with Crippen LogP contribution >= 0.6 is 0 Å². The van der Waals surface area contributed by atoms with E-state index in [1.54, 1.807) is 6.92 Å². The Morgan fingerprint density at radius 1 is 1.38 bits per heavy atom. The van der Waals surface area contributed by atoms with Crippen LogP contribution in [0.2, 0.25) is 0 Å². The van der Waals surface area contributed by atoms with Crippen molar-refractivity contribution < 1.29 is 39.1 Å². The molecule has 6 atom stereocenters. The molecule has 0 unspecified atom stereocenters. The van der Waals surface area contributed by atoms with Gasteiger partial charge in [-0.3, -0.25) is 4.79 Å². The summed E-state index contributed by atoms with van der Waals surface area (Å²) in [6.45, 7) is 6.76. The largest absolute Gasteiger partial charge is 0.513 e. The zero-order valence-electron chi connectivity index (χ0n) is 17.5. The monoisotopic (exact) mass is 410 g/mol. The van der Waals surface area contributed by atoms with Crippen LogP contribution in [-0.2, 0) is 23.8 Å². The molecule has 0 aromatic carbocycles. The van der Waals surface area contributed by atoms with Crippen LogP contribution in [0.1, 0.15) is 53.4 Å². The van der Waals surface area contributed by atoms with Gasteiger partial charge in [0.05, 0.1) is 23.9 Å². The number of hydrogen-bond acceptors (Lipinski definition) is 8. The highest BCUT2D eigenvalue weighted by Gasteiger charge is 2.70. The van der Waals surface area contributed by atoms with Crippen LogP contribution in [0, 0.1) is 11.3 Å². The van der Waals surface area contributed by atoms with Crippen molar-refractivity contribution in [3.63, 3.8) is 0 Å². The number of fused-ring (bicyclic) bond motifs is 2. The molecule has 162 valence electrons. The summed E-state index contributed by atoms with van der Waals surface area (Å²) < 4.78 is 16.6. The maximum Gasteiger partial charge on any atom is 0.336 e. The molecule has 29 heavy (non-hydrogen) atoms. The highest BCUT2D eigenvalue weighted by Crippen LogP contribution is 2.62. The molecule has 0 aromatic rings.